The maximum absolute atomic E-state index is 14.0. The Kier molecular flexibility index (Phi) is 6.69. The average molecular weight is 493 g/mol. The van der Waals surface area contributed by atoms with Crippen LogP contribution in [0.3, 0.4) is 0 Å². The molecule has 5 rings (SSSR count). The van der Waals surface area contributed by atoms with E-state index in [4.69, 9.17) is 0 Å². The Morgan fingerprint density at radius 1 is 0.703 bits per heavy atom. The van der Waals surface area contributed by atoms with Crippen molar-refractivity contribution in [1.82, 2.24) is 4.57 Å². The molecular formula is C32H26F2N2O. The number of anilines is 1. The van der Waals surface area contributed by atoms with Gasteiger partial charge in [-0.1, -0.05) is 62.4 Å². The number of hydrogen-bond donors (Lipinski definition) is 1. The van der Waals surface area contributed by atoms with Crippen LogP contribution in [0, 0.1) is 11.6 Å². The molecule has 0 saturated carbocycles. The molecule has 0 radical (unpaired) electrons. The second kappa shape index (κ2) is 10.2. The molecule has 0 aliphatic heterocycles. The highest BCUT2D eigenvalue weighted by molar-refractivity contribution is 6.12. The topological polar surface area (TPSA) is 34.0 Å². The summed E-state index contributed by atoms with van der Waals surface area (Å²) < 4.78 is 29.9. The highest BCUT2D eigenvalue weighted by Crippen LogP contribution is 2.44. The summed E-state index contributed by atoms with van der Waals surface area (Å²) in [5, 5.41) is 3.05. The largest absolute Gasteiger partial charge is 0.322 e. The Morgan fingerprint density at radius 2 is 1.24 bits per heavy atom. The lowest BCUT2D eigenvalue weighted by molar-refractivity contribution is 0.102. The molecule has 184 valence electrons. The van der Waals surface area contributed by atoms with Gasteiger partial charge in [-0.05, 0) is 77.7 Å². The number of halogens is 2. The van der Waals surface area contributed by atoms with Gasteiger partial charge in [0.25, 0.3) is 5.91 Å². The summed E-state index contributed by atoms with van der Waals surface area (Å²) in [5.41, 5.74) is 5.74. The molecule has 0 aliphatic rings. The van der Waals surface area contributed by atoms with E-state index in [1.54, 1.807) is 24.3 Å². The molecule has 1 aromatic heterocycles. The number of hydrogen-bond acceptors (Lipinski definition) is 1. The summed E-state index contributed by atoms with van der Waals surface area (Å²) in [6.07, 6.45) is 0. The quantitative estimate of drug-likeness (QED) is 0.253. The van der Waals surface area contributed by atoms with Gasteiger partial charge in [0, 0.05) is 22.6 Å². The Bertz CT molecular complexity index is 1520. The van der Waals surface area contributed by atoms with Crippen LogP contribution in [0.4, 0.5) is 14.5 Å². The van der Waals surface area contributed by atoms with Gasteiger partial charge in [0.2, 0.25) is 0 Å². The van der Waals surface area contributed by atoms with Gasteiger partial charge in [0.1, 0.15) is 11.6 Å². The highest BCUT2D eigenvalue weighted by Gasteiger charge is 2.31. The Labute approximate surface area is 215 Å². The van der Waals surface area contributed by atoms with E-state index in [-0.39, 0.29) is 23.5 Å². The number of benzene rings is 4. The fourth-order valence-electron chi connectivity index (χ4n) is 4.71. The molecule has 0 aliphatic carbocycles. The van der Waals surface area contributed by atoms with Gasteiger partial charge in [0.05, 0.1) is 11.3 Å². The van der Waals surface area contributed by atoms with Crippen LogP contribution in [-0.4, -0.2) is 10.5 Å². The maximum atomic E-state index is 14.0. The number of nitrogens with one attached hydrogen (secondary N) is 1. The van der Waals surface area contributed by atoms with Crippen LogP contribution in [0.5, 0.6) is 0 Å². The number of para-hydroxylation sites is 1. The Morgan fingerprint density at radius 3 is 1.81 bits per heavy atom. The molecular weight excluding hydrogens is 466 g/mol. The van der Waals surface area contributed by atoms with E-state index in [0.29, 0.717) is 16.9 Å². The van der Waals surface area contributed by atoms with Crippen LogP contribution < -0.4 is 5.32 Å². The normalized spacial score (nSPS) is 11.1. The van der Waals surface area contributed by atoms with E-state index < -0.39 is 0 Å². The van der Waals surface area contributed by atoms with Crippen molar-refractivity contribution in [3.63, 3.8) is 0 Å². The van der Waals surface area contributed by atoms with Gasteiger partial charge >= 0.3 is 0 Å². The maximum Gasteiger partial charge on any atom is 0.258 e. The first-order chi connectivity index (χ1) is 17.9. The summed E-state index contributed by atoms with van der Waals surface area (Å²) in [5.74, 6) is -1.03. The smallest absolute Gasteiger partial charge is 0.258 e. The Hall–Kier alpha value is -4.51. The number of carbonyl (C=O) groups is 1. The molecule has 0 unspecified atom stereocenters. The number of carbonyl (C=O) groups excluding carboxylic acids is 1. The second-order valence-electron chi connectivity index (χ2n) is 9.14. The lowest BCUT2D eigenvalue weighted by atomic mass is 9.94. The lowest BCUT2D eigenvalue weighted by Crippen LogP contribution is -2.16. The standard InChI is InChI=1S/C32H26F2N2O/c1-21(2)30-29(32(37)35-26-11-7-4-8-12-26)28(22-9-5-3-6-10-22)31(23-13-15-24(33)16-14-23)36(30)27-19-17-25(34)18-20-27/h3-21H,1-2H3,(H,35,37). The monoisotopic (exact) mass is 492 g/mol. The number of rotatable bonds is 6. The fourth-order valence-corrected chi connectivity index (χ4v) is 4.71. The van der Waals surface area contributed by atoms with Gasteiger partial charge in [-0.3, -0.25) is 4.79 Å². The number of amides is 1. The summed E-state index contributed by atoms with van der Waals surface area (Å²) in [6.45, 7) is 4.05. The minimum Gasteiger partial charge on any atom is -0.322 e. The van der Waals surface area contributed by atoms with Crippen molar-refractivity contribution in [3.8, 4) is 28.1 Å². The van der Waals surface area contributed by atoms with Crippen LogP contribution in [-0.2, 0) is 0 Å². The van der Waals surface area contributed by atoms with Crippen molar-refractivity contribution in [2.75, 3.05) is 5.32 Å². The van der Waals surface area contributed by atoms with Gasteiger partial charge < -0.3 is 9.88 Å². The van der Waals surface area contributed by atoms with Crippen molar-refractivity contribution in [2.24, 2.45) is 0 Å². The van der Waals surface area contributed by atoms with E-state index in [0.717, 1.165) is 28.1 Å². The SMILES string of the molecule is CC(C)c1c(C(=O)Nc2ccccc2)c(-c2ccccc2)c(-c2ccc(F)cc2)n1-c1ccc(F)cc1. The summed E-state index contributed by atoms with van der Waals surface area (Å²) in [7, 11) is 0. The van der Waals surface area contributed by atoms with Gasteiger partial charge in [-0.25, -0.2) is 8.78 Å². The minimum atomic E-state index is -0.351. The lowest BCUT2D eigenvalue weighted by Gasteiger charge is -2.17. The average Bonchev–Trinajstić information content (AvgIpc) is 3.27. The first-order valence-corrected chi connectivity index (χ1v) is 12.2. The minimum absolute atomic E-state index is 0.0711. The van der Waals surface area contributed by atoms with Crippen LogP contribution in [0.1, 0.15) is 35.8 Å². The van der Waals surface area contributed by atoms with E-state index in [1.807, 2.05) is 79.1 Å². The molecule has 4 aromatic carbocycles. The molecule has 1 heterocycles. The predicted octanol–water partition coefficient (Wildman–Crippen LogP) is 8.47. The molecule has 0 fully saturated rings. The molecule has 1 amide bonds. The molecule has 0 atom stereocenters. The first kappa shape index (κ1) is 24.2. The van der Waals surface area contributed by atoms with E-state index in [2.05, 4.69) is 5.32 Å². The van der Waals surface area contributed by atoms with Crippen LogP contribution >= 0.6 is 0 Å². The molecule has 0 saturated heterocycles. The molecule has 1 N–H and O–H groups in total. The highest BCUT2D eigenvalue weighted by atomic mass is 19.1. The van der Waals surface area contributed by atoms with Crippen molar-refractivity contribution < 1.29 is 13.6 Å². The van der Waals surface area contributed by atoms with E-state index in [9.17, 15) is 13.6 Å². The fraction of sp³-hybridized carbons (Fsp3) is 0.0938. The third-order valence-corrected chi connectivity index (χ3v) is 6.28. The zero-order valence-electron chi connectivity index (χ0n) is 20.6. The summed E-state index contributed by atoms with van der Waals surface area (Å²) in [6, 6.07) is 31.4. The molecule has 0 spiro atoms. The molecule has 0 bridgehead atoms. The summed E-state index contributed by atoms with van der Waals surface area (Å²) >= 11 is 0. The van der Waals surface area contributed by atoms with E-state index >= 15 is 0 Å². The van der Waals surface area contributed by atoms with Crippen molar-refractivity contribution >= 4 is 11.6 Å². The zero-order valence-corrected chi connectivity index (χ0v) is 20.6. The van der Waals surface area contributed by atoms with Crippen molar-refractivity contribution in [3.05, 3.63) is 132 Å². The summed E-state index contributed by atoms with van der Waals surface area (Å²) in [4.78, 5) is 14.0. The van der Waals surface area contributed by atoms with Crippen LogP contribution in [0.2, 0.25) is 0 Å². The molecule has 3 nitrogen and oxygen atoms in total. The molecule has 5 heteroatoms. The van der Waals surface area contributed by atoms with Gasteiger partial charge in [-0.15, -0.1) is 0 Å². The predicted molar refractivity (Wildman–Crippen MR) is 145 cm³/mol. The Balaban J connectivity index is 1.89. The van der Waals surface area contributed by atoms with Crippen LogP contribution in [0.15, 0.2) is 109 Å². The first-order valence-electron chi connectivity index (χ1n) is 12.2. The van der Waals surface area contributed by atoms with Gasteiger partial charge in [-0.2, -0.15) is 0 Å². The number of aromatic nitrogens is 1. The third-order valence-electron chi connectivity index (χ3n) is 6.28. The zero-order chi connectivity index (χ0) is 25.9. The third kappa shape index (κ3) is 4.81. The number of nitrogens with zero attached hydrogens (tertiary/aromatic N) is 1. The van der Waals surface area contributed by atoms with Crippen molar-refractivity contribution in [1.29, 1.82) is 0 Å². The van der Waals surface area contributed by atoms with Crippen molar-refractivity contribution in [2.45, 2.75) is 19.8 Å². The van der Waals surface area contributed by atoms with Gasteiger partial charge in [0.15, 0.2) is 0 Å². The van der Waals surface area contributed by atoms with E-state index in [1.165, 1.54) is 24.3 Å². The molecule has 5 aromatic rings. The second-order valence-corrected chi connectivity index (χ2v) is 9.14. The van der Waals surface area contributed by atoms with Crippen LogP contribution in [0.25, 0.3) is 28.1 Å². The molecule has 37 heavy (non-hydrogen) atoms.